The van der Waals surface area contributed by atoms with Gasteiger partial charge >= 0.3 is 11.9 Å². The van der Waals surface area contributed by atoms with Crippen LogP contribution in [0.2, 0.25) is 0 Å². The maximum Gasteiger partial charge on any atom is 0.342 e. The van der Waals surface area contributed by atoms with Crippen LogP contribution in [0.5, 0.6) is 0 Å². The molecule has 7 heteroatoms. The third-order valence-corrected chi connectivity index (χ3v) is 1.54. The van der Waals surface area contributed by atoms with Crippen molar-refractivity contribution in [2.24, 2.45) is 0 Å². The maximum absolute atomic E-state index is 12.3. The fraction of sp³-hybridized carbons (Fsp3) is 0. The molecule has 0 fully saturated rings. The lowest BCUT2D eigenvalue weighted by atomic mass is 10.3. The van der Waals surface area contributed by atoms with E-state index in [9.17, 15) is 14.0 Å². The molecule has 17 heavy (non-hydrogen) atoms. The van der Waals surface area contributed by atoms with Gasteiger partial charge in [0.05, 0.1) is 5.69 Å². The lowest BCUT2D eigenvalue weighted by Crippen LogP contribution is -2.08. The molecule has 0 atom stereocenters. The zero-order chi connectivity index (χ0) is 13.6. The van der Waals surface area contributed by atoms with E-state index in [1.165, 1.54) is 18.2 Å². The average Bonchev–Trinajstić information content (AvgIpc) is 2.23. The first kappa shape index (κ1) is 14.4. The van der Waals surface area contributed by atoms with E-state index in [0.717, 1.165) is 0 Å². The lowest BCUT2D eigenvalue weighted by Gasteiger charge is -1.95. The summed E-state index contributed by atoms with van der Waals surface area (Å²) in [5.74, 6) is -3.43. The Balaban J connectivity index is 0.000000304. The van der Waals surface area contributed by atoms with Gasteiger partial charge in [0.1, 0.15) is 11.4 Å². The van der Waals surface area contributed by atoms with E-state index in [-0.39, 0.29) is 5.69 Å². The van der Waals surface area contributed by atoms with Crippen molar-refractivity contribution in [3.05, 3.63) is 36.2 Å². The van der Waals surface area contributed by atoms with E-state index in [1.54, 1.807) is 0 Å². The molecule has 0 aliphatic rings. The van der Waals surface area contributed by atoms with Crippen molar-refractivity contribution in [3.8, 4) is 0 Å². The van der Waals surface area contributed by atoms with Crippen molar-refractivity contribution in [2.75, 3.05) is 11.5 Å². The molecular weight excluding hydrogens is 231 g/mol. The second-order valence-corrected chi connectivity index (χ2v) is 2.87. The van der Waals surface area contributed by atoms with Crippen molar-refractivity contribution >= 4 is 23.3 Å². The first-order valence-corrected chi connectivity index (χ1v) is 4.21. The minimum Gasteiger partial charge on any atom is -0.477 e. The second kappa shape index (κ2) is 6.11. The van der Waals surface area contributed by atoms with Crippen LogP contribution < -0.4 is 11.5 Å². The predicted molar refractivity (Wildman–Crippen MR) is 59.6 cm³/mol. The molecule has 0 bridgehead atoms. The topological polar surface area (TPSA) is 127 Å². The Hall–Kier alpha value is -2.57. The number of nitrogens with two attached hydrogens (primary N) is 2. The van der Waals surface area contributed by atoms with Gasteiger partial charge in [0.2, 0.25) is 0 Å². The minimum atomic E-state index is -1.50. The average molecular weight is 242 g/mol. The summed E-state index contributed by atoms with van der Waals surface area (Å²) in [5, 5.41) is 15.7. The minimum absolute atomic E-state index is 0.0926. The number of rotatable bonds is 2. The quantitative estimate of drug-likeness (QED) is 0.262. The summed E-state index contributed by atoms with van der Waals surface area (Å²) in [7, 11) is 0. The van der Waals surface area contributed by atoms with Crippen LogP contribution in [0.4, 0.5) is 15.8 Å². The molecule has 0 aliphatic heterocycles. The number of anilines is 2. The largest absolute Gasteiger partial charge is 0.477 e. The van der Waals surface area contributed by atoms with Crippen molar-refractivity contribution in [2.45, 2.75) is 0 Å². The number of carboxylic acid groups (broad SMARTS) is 2. The molecular formula is C10H11FN2O4. The Kier molecular flexibility index (Phi) is 5.19. The monoisotopic (exact) mass is 242 g/mol. The first-order chi connectivity index (χ1) is 7.75. The van der Waals surface area contributed by atoms with Gasteiger partial charge in [-0.05, 0) is 18.2 Å². The van der Waals surface area contributed by atoms with Gasteiger partial charge in [-0.3, -0.25) is 0 Å². The van der Waals surface area contributed by atoms with E-state index < -0.39 is 23.3 Å². The Morgan fingerprint density at radius 3 is 1.88 bits per heavy atom. The number of hydrogen-bond donors (Lipinski definition) is 4. The highest BCUT2D eigenvalue weighted by Gasteiger charge is 2.10. The number of carboxylic acids is 2. The standard InChI is InChI=1S/C6H7FN2.C4H4O4/c7-5-2-1-4(8)3-6(5)9;1-2(3(5)6)4(7)8/h1-3H,8-9H2;1H2,(H,5,6)(H,7,8). The van der Waals surface area contributed by atoms with Crippen LogP contribution in [0.1, 0.15) is 0 Å². The van der Waals surface area contributed by atoms with Gasteiger partial charge in [-0.15, -0.1) is 0 Å². The van der Waals surface area contributed by atoms with Crippen molar-refractivity contribution in [3.63, 3.8) is 0 Å². The van der Waals surface area contributed by atoms with E-state index in [4.69, 9.17) is 21.7 Å². The molecule has 0 aliphatic carbocycles. The van der Waals surface area contributed by atoms with Gasteiger partial charge in [0.15, 0.2) is 0 Å². The van der Waals surface area contributed by atoms with Crippen LogP contribution in [0.15, 0.2) is 30.4 Å². The van der Waals surface area contributed by atoms with Crippen molar-refractivity contribution < 1.29 is 24.2 Å². The third kappa shape index (κ3) is 5.17. The van der Waals surface area contributed by atoms with Crippen molar-refractivity contribution in [1.82, 2.24) is 0 Å². The number of hydrogen-bond acceptors (Lipinski definition) is 4. The summed E-state index contributed by atoms with van der Waals surface area (Å²) in [6, 6.07) is 4.09. The lowest BCUT2D eigenvalue weighted by molar-refractivity contribution is -0.140. The molecule has 0 heterocycles. The fourth-order valence-corrected chi connectivity index (χ4v) is 0.654. The third-order valence-electron chi connectivity index (χ3n) is 1.54. The number of nitrogen functional groups attached to an aromatic ring is 2. The Bertz CT molecular complexity index is 444. The molecule has 6 nitrogen and oxygen atoms in total. The SMILES string of the molecule is C=C(C(=O)O)C(=O)O.Nc1ccc(F)c(N)c1. The van der Waals surface area contributed by atoms with Crippen LogP contribution >= 0.6 is 0 Å². The molecule has 0 unspecified atom stereocenters. The number of halogens is 1. The molecule has 0 spiro atoms. The normalized spacial score (nSPS) is 8.76. The van der Waals surface area contributed by atoms with Crippen molar-refractivity contribution in [1.29, 1.82) is 0 Å². The molecule has 0 amide bonds. The highest BCUT2D eigenvalue weighted by molar-refractivity contribution is 6.11. The van der Waals surface area contributed by atoms with Gasteiger partial charge in [-0.2, -0.15) is 0 Å². The Morgan fingerprint density at radius 1 is 1.18 bits per heavy atom. The van der Waals surface area contributed by atoms with Crippen LogP contribution in [0, 0.1) is 5.82 Å². The molecule has 0 aromatic heterocycles. The zero-order valence-corrected chi connectivity index (χ0v) is 8.68. The highest BCUT2D eigenvalue weighted by atomic mass is 19.1. The van der Waals surface area contributed by atoms with Gasteiger partial charge < -0.3 is 21.7 Å². The number of benzene rings is 1. The van der Waals surface area contributed by atoms with E-state index in [0.29, 0.717) is 5.69 Å². The summed E-state index contributed by atoms with van der Waals surface area (Å²) in [6.07, 6.45) is 0. The summed E-state index contributed by atoms with van der Waals surface area (Å²) >= 11 is 0. The first-order valence-electron chi connectivity index (χ1n) is 4.21. The number of carbonyl (C=O) groups is 2. The van der Waals surface area contributed by atoms with E-state index in [2.05, 4.69) is 6.58 Å². The molecule has 0 saturated carbocycles. The van der Waals surface area contributed by atoms with Crippen LogP contribution in [-0.4, -0.2) is 22.2 Å². The van der Waals surface area contributed by atoms with E-state index in [1.807, 2.05) is 0 Å². The maximum atomic E-state index is 12.3. The smallest absolute Gasteiger partial charge is 0.342 e. The van der Waals surface area contributed by atoms with Gasteiger partial charge in [0.25, 0.3) is 0 Å². The summed E-state index contributed by atoms with van der Waals surface area (Å²) in [4.78, 5) is 19.3. The van der Waals surface area contributed by atoms with Crippen LogP contribution in [-0.2, 0) is 9.59 Å². The Labute approximate surface area is 96.0 Å². The summed E-state index contributed by atoms with van der Waals surface area (Å²) in [5.41, 5.74) is 10.2. The summed E-state index contributed by atoms with van der Waals surface area (Å²) in [6.45, 7) is 2.75. The van der Waals surface area contributed by atoms with E-state index >= 15 is 0 Å². The van der Waals surface area contributed by atoms with Gasteiger partial charge in [-0.25, -0.2) is 14.0 Å². The molecule has 0 saturated heterocycles. The van der Waals surface area contributed by atoms with Gasteiger partial charge in [-0.1, -0.05) is 6.58 Å². The molecule has 6 N–H and O–H groups in total. The number of aliphatic carboxylic acids is 2. The van der Waals surface area contributed by atoms with Gasteiger partial charge in [0, 0.05) is 5.69 Å². The summed E-state index contributed by atoms with van der Waals surface area (Å²) < 4.78 is 12.3. The van der Waals surface area contributed by atoms with Crippen LogP contribution in [0.3, 0.4) is 0 Å². The molecule has 1 aromatic rings. The van der Waals surface area contributed by atoms with Crippen LogP contribution in [0.25, 0.3) is 0 Å². The molecule has 1 rings (SSSR count). The molecule has 1 aromatic carbocycles. The zero-order valence-electron chi connectivity index (χ0n) is 8.68. The highest BCUT2D eigenvalue weighted by Crippen LogP contribution is 2.12. The molecule has 0 radical (unpaired) electrons. The Morgan fingerprint density at radius 2 is 1.65 bits per heavy atom. The molecule has 92 valence electrons. The predicted octanol–water partition coefficient (Wildman–Crippen LogP) is 0.702. The second-order valence-electron chi connectivity index (χ2n) is 2.87. The fourth-order valence-electron chi connectivity index (χ4n) is 0.654.